The average molecular weight is 229 g/mol. The van der Waals surface area contributed by atoms with Crippen LogP contribution in [0.5, 0.6) is 0 Å². The first-order chi connectivity index (χ1) is 7.46. The zero-order chi connectivity index (χ0) is 12.8. The van der Waals surface area contributed by atoms with Crippen molar-refractivity contribution >= 4 is 5.91 Å². The van der Waals surface area contributed by atoms with Gasteiger partial charge in [0.05, 0.1) is 13.2 Å². The van der Waals surface area contributed by atoms with Gasteiger partial charge in [-0.1, -0.05) is 41.5 Å². The molecule has 16 heavy (non-hydrogen) atoms. The Labute approximate surface area is 100 Å². The molecule has 0 saturated carbocycles. The largest absolute Gasteiger partial charge is 0.378 e. The van der Waals surface area contributed by atoms with Crippen molar-refractivity contribution in [3.63, 3.8) is 0 Å². The summed E-state index contributed by atoms with van der Waals surface area (Å²) in [7, 11) is 0. The van der Waals surface area contributed by atoms with E-state index in [9.17, 15) is 4.79 Å². The SMILES string of the molecule is CC.CC(C)C(C)(C)C(=O)N1CCOCC1. The summed E-state index contributed by atoms with van der Waals surface area (Å²) in [5, 5.41) is 0. The number of hydrogen-bond donors (Lipinski definition) is 0. The summed E-state index contributed by atoms with van der Waals surface area (Å²) in [5.41, 5.74) is -0.253. The van der Waals surface area contributed by atoms with E-state index in [1.807, 2.05) is 32.6 Å². The minimum atomic E-state index is -0.253. The second-order valence-electron chi connectivity index (χ2n) is 4.78. The fraction of sp³-hybridized carbons (Fsp3) is 0.923. The van der Waals surface area contributed by atoms with Gasteiger partial charge in [-0.05, 0) is 5.92 Å². The standard InChI is InChI=1S/C11H21NO2.C2H6/c1-9(2)11(3,4)10(13)12-5-7-14-8-6-12;1-2/h9H,5-8H2,1-4H3;1-2H3. The summed E-state index contributed by atoms with van der Waals surface area (Å²) < 4.78 is 5.23. The summed E-state index contributed by atoms with van der Waals surface area (Å²) in [6, 6.07) is 0. The molecule has 1 aliphatic rings. The van der Waals surface area contributed by atoms with E-state index in [4.69, 9.17) is 4.74 Å². The van der Waals surface area contributed by atoms with Gasteiger partial charge in [-0.15, -0.1) is 0 Å². The molecule has 0 spiro atoms. The van der Waals surface area contributed by atoms with E-state index < -0.39 is 0 Å². The molecular weight excluding hydrogens is 202 g/mol. The lowest BCUT2D eigenvalue weighted by molar-refractivity contribution is -0.146. The molecule has 1 rings (SSSR count). The predicted molar refractivity (Wildman–Crippen MR) is 67.4 cm³/mol. The van der Waals surface area contributed by atoms with Crippen molar-refractivity contribution in [1.82, 2.24) is 4.90 Å². The number of carbonyl (C=O) groups excluding carboxylic acids is 1. The smallest absolute Gasteiger partial charge is 0.228 e. The molecule has 0 atom stereocenters. The predicted octanol–water partition coefficient (Wildman–Crippen LogP) is 2.55. The molecule has 1 fully saturated rings. The van der Waals surface area contributed by atoms with Crippen LogP contribution in [0, 0.1) is 11.3 Å². The van der Waals surface area contributed by atoms with Crippen LogP contribution in [-0.4, -0.2) is 37.1 Å². The Bertz CT molecular complexity index is 206. The molecule has 0 aromatic carbocycles. The van der Waals surface area contributed by atoms with Crippen LogP contribution in [0.4, 0.5) is 0 Å². The van der Waals surface area contributed by atoms with E-state index in [2.05, 4.69) is 13.8 Å². The number of hydrogen-bond acceptors (Lipinski definition) is 2. The van der Waals surface area contributed by atoms with Gasteiger partial charge in [0.1, 0.15) is 0 Å². The third kappa shape index (κ3) is 3.78. The fourth-order valence-electron chi connectivity index (χ4n) is 1.42. The number of morpholine rings is 1. The van der Waals surface area contributed by atoms with Crippen LogP contribution in [0.3, 0.4) is 0 Å². The first-order valence-corrected chi connectivity index (χ1v) is 6.33. The Kier molecular flexibility index (Phi) is 6.65. The average Bonchev–Trinajstić information content (AvgIpc) is 2.31. The summed E-state index contributed by atoms with van der Waals surface area (Å²) in [5.74, 6) is 0.633. The van der Waals surface area contributed by atoms with Gasteiger partial charge in [-0.25, -0.2) is 0 Å². The number of nitrogens with zero attached hydrogens (tertiary/aromatic N) is 1. The highest BCUT2D eigenvalue weighted by atomic mass is 16.5. The molecule has 0 aromatic rings. The Balaban J connectivity index is 0.00000106. The Morgan fingerprint density at radius 1 is 1.19 bits per heavy atom. The van der Waals surface area contributed by atoms with Crippen molar-refractivity contribution in [3.8, 4) is 0 Å². The van der Waals surface area contributed by atoms with Gasteiger partial charge >= 0.3 is 0 Å². The Morgan fingerprint density at radius 3 is 2.00 bits per heavy atom. The quantitative estimate of drug-likeness (QED) is 0.728. The minimum Gasteiger partial charge on any atom is -0.378 e. The summed E-state index contributed by atoms with van der Waals surface area (Å²) >= 11 is 0. The van der Waals surface area contributed by atoms with Crippen LogP contribution in [0.15, 0.2) is 0 Å². The zero-order valence-corrected chi connectivity index (χ0v) is 11.7. The van der Waals surface area contributed by atoms with E-state index in [1.165, 1.54) is 0 Å². The molecule has 0 aliphatic carbocycles. The van der Waals surface area contributed by atoms with Gasteiger partial charge in [-0.2, -0.15) is 0 Å². The van der Waals surface area contributed by atoms with Gasteiger partial charge in [0.15, 0.2) is 0 Å². The lowest BCUT2D eigenvalue weighted by Gasteiger charge is -2.36. The van der Waals surface area contributed by atoms with Crippen LogP contribution in [0.1, 0.15) is 41.5 Å². The van der Waals surface area contributed by atoms with Crippen LogP contribution in [-0.2, 0) is 9.53 Å². The van der Waals surface area contributed by atoms with E-state index in [0.717, 1.165) is 13.1 Å². The van der Waals surface area contributed by atoms with E-state index in [-0.39, 0.29) is 11.3 Å². The monoisotopic (exact) mass is 229 g/mol. The summed E-state index contributed by atoms with van der Waals surface area (Å²) in [6.45, 7) is 15.1. The Hall–Kier alpha value is -0.570. The molecule has 0 N–H and O–H groups in total. The van der Waals surface area contributed by atoms with Crippen LogP contribution < -0.4 is 0 Å². The molecule has 3 nitrogen and oxygen atoms in total. The van der Waals surface area contributed by atoms with Crippen LogP contribution >= 0.6 is 0 Å². The van der Waals surface area contributed by atoms with Crippen molar-refractivity contribution in [3.05, 3.63) is 0 Å². The van der Waals surface area contributed by atoms with E-state index >= 15 is 0 Å². The number of rotatable bonds is 2. The third-order valence-corrected chi connectivity index (χ3v) is 3.29. The minimum absolute atomic E-state index is 0.253. The first-order valence-electron chi connectivity index (χ1n) is 6.33. The third-order valence-electron chi connectivity index (χ3n) is 3.29. The topological polar surface area (TPSA) is 29.5 Å². The molecule has 96 valence electrons. The number of ether oxygens (including phenoxy) is 1. The summed E-state index contributed by atoms with van der Waals surface area (Å²) in [4.78, 5) is 14.1. The molecule has 0 radical (unpaired) electrons. The number of carbonyl (C=O) groups is 1. The molecular formula is C13H27NO2. The molecule has 0 unspecified atom stereocenters. The van der Waals surface area contributed by atoms with Gasteiger partial charge < -0.3 is 9.64 Å². The Morgan fingerprint density at radius 2 is 1.62 bits per heavy atom. The molecule has 1 amide bonds. The lowest BCUT2D eigenvalue weighted by atomic mass is 9.80. The van der Waals surface area contributed by atoms with Gasteiger partial charge in [0.25, 0.3) is 0 Å². The molecule has 0 bridgehead atoms. The van der Waals surface area contributed by atoms with Gasteiger partial charge in [-0.3, -0.25) is 4.79 Å². The van der Waals surface area contributed by atoms with Crippen molar-refractivity contribution in [1.29, 1.82) is 0 Å². The normalized spacial score (nSPS) is 16.8. The zero-order valence-electron chi connectivity index (χ0n) is 11.7. The highest BCUT2D eigenvalue weighted by Crippen LogP contribution is 2.28. The first kappa shape index (κ1) is 15.4. The van der Waals surface area contributed by atoms with Crippen molar-refractivity contribution < 1.29 is 9.53 Å². The van der Waals surface area contributed by atoms with Crippen molar-refractivity contribution in [2.75, 3.05) is 26.3 Å². The maximum atomic E-state index is 12.1. The van der Waals surface area contributed by atoms with Gasteiger partial charge in [0, 0.05) is 18.5 Å². The second-order valence-corrected chi connectivity index (χ2v) is 4.78. The van der Waals surface area contributed by atoms with Gasteiger partial charge in [0.2, 0.25) is 5.91 Å². The van der Waals surface area contributed by atoms with Crippen LogP contribution in [0.2, 0.25) is 0 Å². The summed E-state index contributed by atoms with van der Waals surface area (Å²) in [6.07, 6.45) is 0. The van der Waals surface area contributed by atoms with Crippen molar-refractivity contribution in [2.45, 2.75) is 41.5 Å². The molecule has 1 aliphatic heterocycles. The number of amides is 1. The fourth-order valence-corrected chi connectivity index (χ4v) is 1.42. The highest BCUT2D eigenvalue weighted by Gasteiger charge is 2.35. The maximum absolute atomic E-state index is 12.1. The molecule has 1 heterocycles. The highest BCUT2D eigenvalue weighted by molar-refractivity contribution is 5.82. The molecule has 3 heteroatoms. The van der Waals surface area contributed by atoms with E-state index in [0.29, 0.717) is 19.1 Å². The van der Waals surface area contributed by atoms with E-state index in [1.54, 1.807) is 0 Å². The van der Waals surface area contributed by atoms with Crippen molar-refractivity contribution in [2.24, 2.45) is 11.3 Å². The molecule has 1 saturated heterocycles. The lowest BCUT2D eigenvalue weighted by Crippen LogP contribution is -2.48. The maximum Gasteiger partial charge on any atom is 0.228 e. The van der Waals surface area contributed by atoms with Crippen LogP contribution in [0.25, 0.3) is 0 Å². The molecule has 0 aromatic heterocycles. The second kappa shape index (κ2) is 6.89.